The summed E-state index contributed by atoms with van der Waals surface area (Å²) in [5.41, 5.74) is 4.52. The lowest BCUT2D eigenvalue weighted by Crippen LogP contribution is -2.36. The summed E-state index contributed by atoms with van der Waals surface area (Å²) < 4.78 is 11.3. The summed E-state index contributed by atoms with van der Waals surface area (Å²) in [4.78, 5) is 4.33. The molecular weight excluding hydrogens is 368 g/mol. The van der Waals surface area contributed by atoms with Crippen LogP contribution in [0.15, 0.2) is 18.2 Å². The van der Waals surface area contributed by atoms with Crippen molar-refractivity contribution in [2.24, 2.45) is 0 Å². The number of ether oxygens (including phenoxy) is 2. The van der Waals surface area contributed by atoms with Crippen LogP contribution in [0, 0.1) is 13.8 Å². The number of aliphatic hydroxyl groups excluding tert-OH is 1. The third-order valence-corrected chi connectivity index (χ3v) is 5.20. The molecule has 0 spiro atoms. The van der Waals surface area contributed by atoms with E-state index in [2.05, 4.69) is 40.9 Å². The SMILES string of the molecule is COc1cc(CN(C)Cc2c(C)n[nH]c2C)ccc1OC[C@H](O)CN(C)C(C)C. The van der Waals surface area contributed by atoms with Crippen molar-refractivity contribution in [3.8, 4) is 11.5 Å². The molecule has 0 unspecified atom stereocenters. The minimum absolute atomic E-state index is 0.228. The minimum Gasteiger partial charge on any atom is -0.493 e. The summed E-state index contributed by atoms with van der Waals surface area (Å²) in [7, 11) is 5.72. The van der Waals surface area contributed by atoms with E-state index in [0.717, 1.165) is 30.0 Å². The first-order chi connectivity index (χ1) is 13.7. The fraction of sp³-hybridized carbons (Fsp3) is 0.591. The second-order valence-electron chi connectivity index (χ2n) is 8.07. The van der Waals surface area contributed by atoms with Crippen LogP contribution in [-0.2, 0) is 13.1 Å². The van der Waals surface area contributed by atoms with Gasteiger partial charge in [0.2, 0.25) is 0 Å². The molecule has 0 bridgehead atoms. The Morgan fingerprint density at radius 1 is 1.14 bits per heavy atom. The summed E-state index contributed by atoms with van der Waals surface area (Å²) in [6.07, 6.45) is -0.556. The van der Waals surface area contributed by atoms with Crippen LogP contribution in [0.4, 0.5) is 0 Å². The average Bonchev–Trinajstić information content (AvgIpc) is 2.98. The Balaban J connectivity index is 1.95. The Bertz CT molecular complexity index is 756. The van der Waals surface area contributed by atoms with Gasteiger partial charge >= 0.3 is 0 Å². The highest BCUT2D eigenvalue weighted by Crippen LogP contribution is 2.29. The van der Waals surface area contributed by atoms with Gasteiger partial charge in [0.1, 0.15) is 12.7 Å². The number of hydrogen-bond donors (Lipinski definition) is 2. The van der Waals surface area contributed by atoms with Gasteiger partial charge in [-0.15, -0.1) is 0 Å². The quantitative estimate of drug-likeness (QED) is 0.600. The molecule has 7 heteroatoms. The van der Waals surface area contributed by atoms with E-state index in [0.29, 0.717) is 24.1 Å². The predicted molar refractivity (Wildman–Crippen MR) is 115 cm³/mol. The van der Waals surface area contributed by atoms with E-state index in [1.54, 1.807) is 7.11 Å². The van der Waals surface area contributed by atoms with Gasteiger partial charge < -0.3 is 19.5 Å². The molecule has 1 aromatic heterocycles. The first-order valence-corrected chi connectivity index (χ1v) is 10.1. The van der Waals surface area contributed by atoms with Crippen LogP contribution in [0.1, 0.15) is 36.4 Å². The van der Waals surface area contributed by atoms with Gasteiger partial charge in [0.15, 0.2) is 11.5 Å². The molecule has 0 aliphatic carbocycles. The van der Waals surface area contributed by atoms with E-state index in [9.17, 15) is 5.11 Å². The molecule has 0 saturated carbocycles. The fourth-order valence-electron chi connectivity index (χ4n) is 3.16. The van der Waals surface area contributed by atoms with Crippen molar-refractivity contribution in [2.45, 2.75) is 52.9 Å². The number of aryl methyl sites for hydroxylation is 2. The van der Waals surface area contributed by atoms with E-state index in [1.165, 1.54) is 5.56 Å². The summed E-state index contributed by atoms with van der Waals surface area (Å²) in [5.74, 6) is 1.32. The second-order valence-corrected chi connectivity index (χ2v) is 8.07. The van der Waals surface area contributed by atoms with E-state index in [-0.39, 0.29) is 6.61 Å². The summed E-state index contributed by atoms with van der Waals surface area (Å²) in [6, 6.07) is 6.32. The zero-order valence-corrected chi connectivity index (χ0v) is 18.8. The van der Waals surface area contributed by atoms with Crippen LogP contribution >= 0.6 is 0 Å². The van der Waals surface area contributed by atoms with Crippen LogP contribution in [0.5, 0.6) is 11.5 Å². The monoisotopic (exact) mass is 404 g/mol. The maximum Gasteiger partial charge on any atom is 0.161 e. The third-order valence-electron chi connectivity index (χ3n) is 5.20. The van der Waals surface area contributed by atoms with Crippen LogP contribution < -0.4 is 9.47 Å². The normalized spacial score (nSPS) is 12.8. The van der Waals surface area contributed by atoms with Crippen molar-refractivity contribution in [1.29, 1.82) is 0 Å². The first-order valence-electron chi connectivity index (χ1n) is 10.1. The van der Waals surface area contributed by atoms with E-state index in [4.69, 9.17) is 9.47 Å². The number of methoxy groups -OCH3 is 1. The van der Waals surface area contributed by atoms with E-state index < -0.39 is 6.10 Å². The Kier molecular flexibility index (Phi) is 8.49. The van der Waals surface area contributed by atoms with Gasteiger partial charge in [-0.25, -0.2) is 0 Å². The van der Waals surface area contributed by atoms with Gasteiger partial charge in [-0.2, -0.15) is 5.10 Å². The van der Waals surface area contributed by atoms with Crippen LogP contribution in [0.3, 0.4) is 0 Å². The van der Waals surface area contributed by atoms with Gasteiger partial charge in [-0.3, -0.25) is 10.00 Å². The smallest absolute Gasteiger partial charge is 0.161 e. The molecular formula is C22H36N4O3. The summed E-state index contributed by atoms with van der Waals surface area (Å²) in [5, 5.41) is 17.5. The van der Waals surface area contributed by atoms with E-state index in [1.807, 2.05) is 39.1 Å². The molecule has 1 aromatic carbocycles. The van der Waals surface area contributed by atoms with Gasteiger partial charge in [-0.05, 0) is 59.5 Å². The number of rotatable bonds is 11. The Labute approximate surface area is 174 Å². The predicted octanol–water partition coefficient (Wildman–Crippen LogP) is 2.75. The maximum atomic E-state index is 10.2. The lowest BCUT2D eigenvalue weighted by molar-refractivity contribution is 0.0668. The number of likely N-dealkylation sites (N-methyl/N-ethyl adjacent to an activating group) is 1. The molecule has 0 aliphatic heterocycles. The lowest BCUT2D eigenvalue weighted by Gasteiger charge is -2.24. The Hall–Kier alpha value is -2.09. The molecule has 1 atom stereocenters. The molecule has 0 saturated heterocycles. The van der Waals surface area contributed by atoms with Crippen molar-refractivity contribution in [1.82, 2.24) is 20.0 Å². The number of hydrogen-bond acceptors (Lipinski definition) is 6. The highest BCUT2D eigenvalue weighted by molar-refractivity contribution is 5.43. The molecule has 162 valence electrons. The van der Waals surface area contributed by atoms with Crippen LogP contribution in [-0.4, -0.2) is 71.6 Å². The molecule has 29 heavy (non-hydrogen) atoms. The number of H-pyrrole nitrogens is 1. The number of benzene rings is 1. The molecule has 2 rings (SSSR count). The van der Waals surface area contributed by atoms with Crippen molar-refractivity contribution in [2.75, 3.05) is 34.4 Å². The van der Waals surface area contributed by atoms with E-state index >= 15 is 0 Å². The lowest BCUT2D eigenvalue weighted by atomic mass is 10.1. The molecule has 0 amide bonds. The van der Waals surface area contributed by atoms with Crippen LogP contribution in [0.25, 0.3) is 0 Å². The van der Waals surface area contributed by atoms with Gasteiger partial charge in [-0.1, -0.05) is 6.07 Å². The largest absolute Gasteiger partial charge is 0.493 e. The van der Waals surface area contributed by atoms with Gasteiger partial charge in [0.25, 0.3) is 0 Å². The van der Waals surface area contributed by atoms with Crippen molar-refractivity contribution in [3.63, 3.8) is 0 Å². The number of nitrogens with one attached hydrogen (secondary N) is 1. The third kappa shape index (κ3) is 6.73. The Morgan fingerprint density at radius 3 is 2.45 bits per heavy atom. The molecule has 1 heterocycles. The summed E-state index contributed by atoms with van der Waals surface area (Å²) in [6.45, 7) is 10.7. The highest BCUT2D eigenvalue weighted by atomic mass is 16.5. The van der Waals surface area contributed by atoms with Crippen LogP contribution in [0.2, 0.25) is 0 Å². The number of nitrogens with zero attached hydrogens (tertiary/aromatic N) is 3. The van der Waals surface area contributed by atoms with Crippen molar-refractivity contribution in [3.05, 3.63) is 40.7 Å². The molecule has 0 radical (unpaired) electrons. The number of aromatic nitrogens is 2. The first kappa shape index (κ1) is 23.2. The topological polar surface area (TPSA) is 73.8 Å². The average molecular weight is 405 g/mol. The number of aliphatic hydroxyl groups is 1. The number of aromatic amines is 1. The second kappa shape index (κ2) is 10.6. The molecule has 7 nitrogen and oxygen atoms in total. The maximum absolute atomic E-state index is 10.2. The zero-order chi connectivity index (χ0) is 21.6. The molecule has 2 N–H and O–H groups in total. The van der Waals surface area contributed by atoms with Gasteiger partial charge in [0, 0.05) is 36.9 Å². The highest BCUT2D eigenvalue weighted by Gasteiger charge is 2.14. The molecule has 2 aromatic rings. The van der Waals surface area contributed by atoms with Gasteiger partial charge in [0.05, 0.1) is 12.8 Å². The standard InChI is InChI=1S/C22H36N4O3/c1-15(2)26(6)12-19(27)14-29-21-9-8-18(10-22(21)28-7)11-25(5)13-20-16(3)23-24-17(20)4/h8-10,15,19,27H,11-14H2,1-7H3,(H,23,24)/t19-/m1/s1. The van der Waals surface area contributed by atoms with Crippen molar-refractivity contribution < 1.29 is 14.6 Å². The minimum atomic E-state index is -0.556. The molecule has 0 aliphatic rings. The molecule has 0 fully saturated rings. The van der Waals surface area contributed by atoms with Crippen molar-refractivity contribution >= 4 is 0 Å². The zero-order valence-electron chi connectivity index (χ0n) is 18.8. The Morgan fingerprint density at radius 2 is 1.86 bits per heavy atom. The fourth-order valence-corrected chi connectivity index (χ4v) is 3.16. The summed E-state index contributed by atoms with van der Waals surface area (Å²) >= 11 is 0.